The van der Waals surface area contributed by atoms with Gasteiger partial charge in [0.15, 0.2) is 5.96 Å². The maximum absolute atomic E-state index is 13.5. The molecular weight excluding hydrogens is 361 g/mol. The number of H-pyrrole nitrogens is 1. The summed E-state index contributed by atoms with van der Waals surface area (Å²) in [6, 6.07) is 11.1. The highest BCUT2D eigenvalue weighted by atomic mass is 19.1. The second-order valence-electron chi connectivity index (χ2n) is 6.30. The number of hydrogen-bond donors (Lipinski definition) is 3. The van der Waals surface area contributed by atoms with Crippen LogP contribution in [0.5, 0.6) is 0 Å². The molecule has 0 atom stereocenters. The highest BCUT2D eigenvalue weighted by molar-refractivity contribution is 5.83. The minimum Gasteiger partial charge on any atom is -0.361 e. The molecule has 0 bridgehead atoms. The van der Waals surface area contributed by atoms with Crippen LogP contribution in [-0.2, 0) is 13.0 Å². The standard InChI is InChI=1S/C20H22FN5O2/c1-2-22-20(25-12-14-4-3-5-17(10-14)26(27)28)23-9-8-15-13-24-19-7-6-16(21)11-18(15)19/h3-7,10-11,13,24H,2,8-9,12H2,1H3,(H2,22,23,25). The largest absolute Gasteiger partial charge is 0.361 e. The molecule has 1 aromatic heterocycles. The van der Waals surface area contributed by atoms with Crippen LogP contribution >= 0.6 is 0 Å². The average Bonchev–Trinajstić information content (AvgIpc) is 3.08. The number of halogens is 1. The Balaban J connectivity index is 1.62. The van der Waals surface area contributed by atoms with Gasteiger partial charge in [-0.15, -0.1) is 0 Å². The number of guanidine groups is 1. The third-order valence-corrected chi connectivity index (χ3v) is 4.30. The summed E-state index contributed by atoms with van der Waals surface area (Å²) in [7, 11) is 0. The number of nitrogens with one attached hydrogen (secondary N) is 3. The molecule has 0 aliphatic rings. The molecule has 2 aromatic carbocycles. The van der Waals surface area contributed by atoms with Gasteiger partial charge >= 0.3 is 0 Å². The zero-order valence-corrected chi connectivity index (χ0v) is 15.5. The number of benzene rings is 2. The number of rotatable bonds is 7. The van der Waals surface area contributed by atoms with Crippen LogP contribution in [0.1, 0.15) is 18.1 Å². The molecule has 0 aliphatic carbocycles. The van der Waals surface area contributed by atoms with Crippen LogP contribution in [0.3, 0.4) is 0 Å². The van der Waals surface area contributed by atoms with E-state index in [0.717, 1.165) is 22.0 Å². The van der Waals surface area contributed by atoms with E-state index >= 15 is 0 Å². The van der Waals surface area contributed by atoms with Gasteiger partial charge in [0.25, 0.3) is 5.69 Å². The summed E-state index contributed by atoms with van der Waals surface area (Å²) in [6.45, 7) is 3.60. The second-order valence-corrected chi connectivity index (χ2v) is 6.30. The van der Waals surface area contributed by atoms with E-state index in [4.69, 9.17) is 0 Å². The van der Waals surface area contributed by atoms with Gasteiger partial charge in [0.05, 0.1) is 11.5 Å². The first-order valence-electron chi connectivity index (χ1n) is 9.08. The zero-order chi connectivity index (χ0) is 19.9. The first kappa shape index (κ1) is 19.3. The molecule has 0 saturated carbocycles. The third kappa shape index (κ3) is 4.85. The fourth-order valence-electron chi connectivity index (χ4n) is 2.95. The van der Waals surface area contributed by atoms with E-state index < -0.39 is 4.92 Å². The highest BCUT2D eigenvalue weighted by Crippen LogP contribution is 2.19. The number of nitrogens with zero attached hydrogens (tertiary/aromatic N) is 2. The third-order valence-electron chi connectivity index (χ3n) is 4.30. The molecule has 7 nitrogen and oxygen atoms in total. The summed E-state index contributed by atoms with van der Waals surface area (Å²) in [5, 5.41) is 18.2. The fourth-order valence-corrected chi connectivity index (χ4v) is 2.95. The van der Waals surface area contributed by atoms with Crippen molar-refractivity contribution in [2.75, 3.05) is 13.1 Å². The molecule has 0 amide bonds. The number of nitro groups is 1. The first-order chi connectivity index (χ1) is 13.6. The number of aromatic nitrogens is 1. The van der Waals surface area contributed by atoms with Crippen LogP contribution in [0.25, 0.3) is 10.9 Å². The van der Waals surface area contributed by atoms with Gasteiger partial charge in [-0.25, -0.2) is 9.38 Å². The topological polar surface area (TPSA) is 95.3 Å². The summed E-state index contributed by atoms with van der Waals surface area (Å²) < 4.78 is 13.5. The van der Waals surface area contributed by atoms with Gasteiger partial charge in [-0.2, -0.15) is 0 Å². The van der Waals surface area contributed by atoms with Crippen molar-refractivity contribution in [3.63, 3.8) is 0 Å². The Morgan fingerprint density at radius 2 is 2.11 bits per heavy atom. The quantitative estimate of drug-likeness (QED) is 0.252. The first-order valence-corrected chi connectivity index (χ1v) is 9.08. The Kier molecular flexibility index (Phi) is 6.21. The van der Waals surface area contributed by atoms with Crippen molar-refractivity contribution in [3.05, 3.63) is 75.7 Å². The predicted octanol–water partition coefficient (Wildman–Crippen LogP) is 3.51. The normalized spacial score (nSPS) is 11.6. The minimum absolute atomic E-state index is 0.0530. The van der Waals surface area contributed by atoms with Crippen LogP contribution in [0.15, 0.2) is 53.7 Å². The van der Waals surface area contributed by atoms with Gasteiger partial charge in [0.2, 0.25) is 0 Å². The van der Waals surface area contributed by atoms with E-state index in [0.29, 0.717) is 32.0 Å². The molecular formula is C20H22FN5O2. The molecule has 0 radical (unpaired) electrons. The lowest BCUT2D eigenvalue weighted by Crippen LogP contribution is -2.38. The van der Waals surface area contributed by atoms with Gasteiger partial charge in [-0.05, 0) is 42.7 Å². The van der Waals surface area contributed by atoms with E-state index in [9.17, 15) is 14.5 Å². The van der Waals surface area contributed by atoms with Crippen molar-refractivity contribution in [1.29, 1.82) is 0 Å². The summed E-state index contributed by atoms with van der Waals surface area (Å²) in [6.07, 6.45) is 2.59. The Morgan fingerprint density at radius 3 is 2.89 bits per heavy atom. The van der Waals surface area contributed by atoms with E-state index in [1.165, 1.54) is 24.3 Å². The lowest BCUT2D eigenvalue weighted by molar-refractivity contribution is -0.384. The number of aliphatic imine (C=N–C) groups is 1. The number of aromatic amines is 1. The summed E-state index contributed by atoms with van der Waals surface area (Å²) in [4.78, 5) is 18.1. The molecule has 0 aliphatic heterocycles. The predicted molar refractivity (Wildman–Crippen MR) is 108 cm³/mol. The van der Waals surface area contributed by atoms with Gasteiger partial charge < -0.3 is 15.6 Å². The van der Waals surface area contributed by atoms with Crippen LogP contribution in [0.2, 0.25) is 0 Å². The van der Waals surface area contributed by atoms with Crippen LogP contribution < -0.4 is 10.6 Å². The second kappa shape index (κ2) is 8.98. The molecule has 0 fully saturated rings. The zero-order valence-electron chi connectivity index (χ0n) is 15.5. The van der Waals surface area contributed by atoms with Crippen molar-refractivity contribution < 1.29 is 9.31 Å². The van der Waals surface area contributed by atoms with Crippen molar-refractivity contribution in [2.45, 2.75) is 19.9 Å². The Labute approximate surface area is 161 Å². The number of non-ortho nitro benzene ring substituents is 1. The molecule has 8 heteroatoms. The number of fused-ring (bicyclic) bond motifs is 1. The van der Waals surface area contributed by atoms with E-state index in [2.05, 4.69) is 20.6 Å². The molecule has 3 rings (SSSR count). The molecule has 0 saturated heterocycles. The summed E-state index contributed by atoms with van der Waals surface area (Å²) in [5.41, 5.74) is 2.75. The SMILES string of the molecule is CCNC(=NCc1cccc([N+](=O)[O-])c1)NCCc1c[nH]c2ccc(F)cc12. The maximum Gasteiger partial charge on any atom is 0.269 e. The number of nitro benzene ring substituents is 1. The van der Waals surface area contributed by atoms with Gasteiger partial charge in [0, 0.05) is 42.3 Å². The Morgan fingerprint density at radius 1 is 1.25 bits per heavy atom. The van der Waals surface area contributed by atoms with E-state index in [1.807, 2.05) is 13.1 Å². The number of hydrogen-bond acceptors (Lipinski definition) is 3. The van der Waals surface area contributed by atoms with Gasteiger partial charge in [-0.1, -0.05) is 12.1 Å². The van der Waals surface area contributed by atoms with E-state index in [1.54, 1.807) is 18.2 Å². The minimum atomic E-state index is -0.416. The highest BCUT2D eigenvalue weighted by Gasteiger charge is 2.07. The molecule has 146 valence electrons. The summed E-state index contributed by atoms with van der Waals surface area (Å²) >= 11 is 0. The molecule has 28 heavy (non-hydrogen) atoms. The van der Waals surface area contributed by atoms with Gasteiger partial charge in [0.1, 0.15) is 5.82 Å². The average molecular weight is 383 g/mol. The smallest absolute Gasteiger partial charge is 0.269 e. The lowest BCUT2D eigenvalue weighted by Gasteiger charge is -2.11. The monoisotopic (exact) mass is 383 g/mol. The fraction of sp³-hybridized carbons (Fsp3) is 0.250. The Hall–Kier alpha value is -3.42. The van der Waals surface area contributed by atoms with Crippen molar-refractivity contribution in [3.8, 4) is 0 Å². The lowest BCUT2D eigenvalue weighted by atomic mass is 10.1. The van der Waals surface area contributed by atoms with Crippen molar-refractivity contribution >= 4 is 22.5 Å². The van der Waals surface area contributed by atoms with Crippen molar-refractivity contribution in [1.82, 2.24) is 15.6 Å². The molecule has 0 spiro atoms. The van der Waals surface area contributed by atoms with Crippen molar-refractivity contribution in [2.24, 2.45) is 4.99 Å². The maximum atomic E-state index is 13.5. The molecule has 1 heterocycles. The van der Waals surface area contributed by atoms with E-state index in [-0.39, 0.29) is 11.5 Å². The van der Waals surface area contributed by atoms with Crippen LogP contribution in [0, 0.1) is 15.9 Å². The van der Waals surface area contributed by atoms with Crippen LogP contribution in [0.4, 0.5) is 10.1 Å². The molecule has 0 unspecified atom stereocenters. The molecule has 3 N–H and O–H groups in total. The molecule has 3 aromatic rings. The summed E-state index contributed by atoms with van der Waals surface area (Å²) in [5.74, 6) is 0.369. The van der Waals surface area contributed by atoms with Crippen LogP contribution in [-0.4, -0.2) is 29.0 Å². The Bertz CT molecular complexity index is 999. The van der Waals surface area contributed by atoms with Gasteiger partial charge in [-0.3, -0.25) is 10.1 Å².